The number of oxazole rings is 1. The van der Waals surface area contributed by atoms with Gasteiger partial charge in [0.25, 0.3) is 6.01 Å². The first kappa shape index (κ1) is 20.1. The van der Waals surface area contributed by atoms with Crippen LogP contribution in [-0.2, 0) is 0 Å². The minimum absolute atomic E-state index is 0.183. The van der Waals surface area contributed by atoms with Gasteiger partial charge in [0.2, 0.25) is 0 Å². The van der Waals surface area contributed by atoms with Gasteiger partial charge in [-0.15, -0.1) is 0 Å². The Morgan fingerprint density at radius 2 is 1.84 bits per heavy atom. The van der Waals surface area contributed by atoms with E-state index in [0.717, 1.165) is 59.4 Å². The van der Waals surface area contributed by atoms with Crippen molar-refractivity contribution in [2.75, 3.05) is 42.7 Å². The van der Waals surface area contributed by atoms with Gasteiger partial charge < -0.3 is 20.4 Å². The minimum atomic E-state index is 0.183. The molecule has 1 saturated heterocycles. The highest BCUT2D eigenvalue weighted by molar-refractivity contribution is 7.98. The topological polar surface area (TPSA) is 93.1 Å². The van der Waals surface area contributed by atoms with E-state index < -0.39 is 0 Å². The molecule has 2 aromatic heterocycles. The first-order valence-corrected chi connectivity index (χ1v) is 12.0. The molecule has 0 saturated carbocycles. The molecule has 5 rings (SSSR count). The average Bonchev–Trinajstić information content (AvgIpc) is 3.17. The molecule has 3 N–H and O–H groups in total. The Balaban J connectivity index is 1.33. The van der Waals surface area contributed by atoms with Crippen molar-refractivity contribution in [1.29, 1.82) is 0 Å². The Morgan fingerprint density at radius 1 is 1.06 bits per heavy atom. The molecule has 1 fully saturated rings. The zero-order chi connectivity index (χ0) is 21.2. The number of hydrogen-bond acceptors (Lipinski definition) is 8. The van der Waals surface area contributed by atoms with Crippen molar-refractivity contribution in [3.8, 4) is 11.1 Å². The van der Waals surface area contributed by atoms with E-state index in [-0.39, 0.29) is 6.01 Å². The molecule has 160 valence electrons. The lowest BCUT2D eigenvalue weighted by molar-refractivity contribution is 0.231. The van der Waals surface area contributed by atoms with Gasteiger partial charge in [-0.05, 0) is 54.5 Å². The summed E-state index contributed by atoms with van der Waals surface area (Å²) in [5.74, 6) is 2.04. The SMILES string of the molecule is CSCCN1CCC(Nc2cnc3ccc(-c4ccc5oc(N)nc5c4)cc3n2)CC1. The smallest absolute Gasteiger partial charge is 0.292 e. The third-order valence-corrected chi connectivity index (χ3v) is 6.42. The van der Waals surface area contributed by atoms with E-state index in [1.54, 1.807) is 0 Å². The van der Waals surface area contributed by atoms with Gasteiger partial charge in [0.15, 0.2) is 5.58 Å². The Hall–Kier alpha value is -2.84. The maximum atomic E-state index is 5.67. The maximum Gasteiger partial charge on any atom is 0.292 e. The lowest BCUT2D eigenvalue weighted by atomic mass is 10.0. The van der Waals surface area contributed by atoms with Gasteiger partial charge in [-0.3, -0.25) is 4.98 Å². The molecular weight excluding hydrogens is 408 g/mol. The highest BCUT2D eigenvalue weighted by Gasteiger charge is 2.19. The fourth-order valence-electron chi connectivity index (χ4n) is 4.12. The van der Waals surface area contributed by atoms with Crippen LogP contribution in [0.1, 0.15) is 12.8 Å². The Labute approximate surface area is 185 Å². The number of benzene rings is 2. The Morgan fingerprint density at radius 3 is 2.65 bits per heavy atom. The van der Waals surface area contributed by atoms with Crippen LogP contribution in [0.5, 0.6) is 0 Å². The summed E-state index contributed by atoms with van der Waals surface area (Å²) in [6, 6.07) is 12.6. The lowest BCUT2D eigenvalue weighted by Gasteiger charge is -2.32. The molecule has 1 aliphatic heterocycles. The number of piperidine rings is 1. The van der Waals surface area contributed by atoms with Crippen molar-refractivity contribution >= 4 is 45.7 Å². The summed E-state index contributed by atoms with van der Waals surface area (Å²) in [6.07, 6.45) is 6.27. The summed E-state index contributed by atoms with van der Waals surface area (Å²) >= 11 is 1.91. The fourth-order valence-corrected chi connectivity index (χ4v) is 4.56. The van der Waals surface area contributed by atoms with Crippen molar-refractivity contribution in [1.82, 2.24) is 19.9 Å². The monoisotopic (exact) mass is 434 g/mol. The normalized spacial score (nSPS) is 15.6. The number of likely N-dealkylation sites (tertiary alicyclic amines) is 1. The molecule has 7 nitrogen and oxygen atoms in total. The predicted molar refractivity (Wildman–Crippen MR) is 128 cm³/mol. The molecule has 0 radical (unpaired) electrons. The number of nitrogen functional groups attached to an aromatic ring is 1. The van der Waals surface area contributed by atoms with Gasteiger partial charge in [-0.25, -0.2) is 4.98 Å². The van der Waals surface area contributed by atoms with E-state index >= 15 is 0 Å². The van der Waals surface area contributed by atoms with Crippen molar-refractivity contribution < 1.29 is 4.42 Å². The second-order valence-corrected chi connectivity index (χ2v) is 8.93. The van der Waals surface area contributed by atoms with Crippen LogP contribution >= 0.6 is 11.8 Å². The van der Waals surface area contributed by atoms with Crippen molar-refractivity contribution in [3.05, 3.63) is 42.6 Å². The number of fused-ring (bicyclic) bond motifs is 2. The van der Waals surface area contributed by atoms with Crippen LogP contribution in [0.25, 0.3) is 33.3 Å². The number of nitrogens with one attached hydrogen (secondary N) is 1. The first-order valence-electron chi connectivity index (χ1n) is 10.6. The van der Waals surface area contributed by atoms with E-state index in [0.29, 0.717) is 11.6 Å². The largest absolute Gasteiger partial charge is 0.424 e. The number of nitrogens with two attached hydrogens (primary N) is 1. The molecule has 2 aromatic carbocycles. The molecule has 8 heteroatoms. The van der Waals surface area contributed by atoms with Gasteiger partial charge in [0.1, 0.15) is 11.3 Å². The summed E-state index contributed by atoms with van der Waals surface area (Å²) in [5, 5.41) is 3.59. The molecule has 4 aromatic rings. The third kappa shape index (κ3) is 4.45. The molecule has 0 amide bonds. The summed E-state index contributed by atoms with van der Waals surface area (Å²) in [5.41, 5.74) is 11.0. The summed E-state index contributed by atoms with van der Waals surface area (Å²) in [6.45, 7) is 3.45. The molecule has 0 aliphatic carbocycles. The van der Waals surface area contributed by atoms with Crippen LogP contribution in [0.3, 0.4) is 0 Å². The molecule has 0 bridgehead atoms. The van der Waals surface area contributed by atoms with E-state index in [1.807, 2.05) is 42.2 Å². The van der Waals surface area contributed by atoms with Crippen LogP contribution in [0, 0.1) is 0 Å². The predicted octanol–water partition coefficient (Wildman–Crippen LogP) is 4.26. The maximum absolute atomic E-state index is 5.67. The minimum Gasteiger partial charge on any atom is -0.424 e. The Bertz CT molecular complexity index is 1200. The zero-order valence-corrected chi connectivity index (χ0v) is 18.4. The number of aromatic nitrogens is 3. The zero-order valence-electron chi connectivity index (χ0n) is 17.5. The van der Waals surface area contributed by atoms with Crippen LogP contribution < -0.4 is 11.1 Å². The molecule has 0 spiro atoms. The highest BCUT2D eigenvalue weighted by Crippen LogP contribution is 2.28. The molecule has 0 atom stereocenters. The van der Waals surface area contributed by atoms with Gasteiger partial charge in [-0.2, -0.15) is 16.7 Å². The van der Waals surface area contributed by atoms with Crippen molar-refractivity contribution in [2.24, 2.45) is 0 Å². The van der Waals surface area contributed by atoms with Crippen LogP contribution in [0.2, 0.25) is 0 Å². The number of rotatable bonds is 6. The molecule has 3 heterocycles. The van der Waals surface area contributed by atoms with Gasteiger partial charge in [-0.1, -0.05) is 12.1 Å². The van der Waals surface area contributed by atoms with Crippen LogP contribution in [0.4, 0.5) is 11.8 Å². The highest BCUT2D eigenvalue weighted by atomic mass is 32.2. The van der Waals surface area contributed by atoms with E-state index in [1.165, 1.54) is 12.3 Å². The van der Waals surface area contributed by atoms with E-state index in [2.05, 4.69) is 38.6 Å². The number of hydrogen-bond donors (Lipinski definition) is 2. The molecule has 31 heavy (non-hydrogen) atoms. The van der Waals surface area contributed by atoms with Gasteiger partial charge in [0.05, 0.1) is 17.2 Å². The second kappa shape index (κ2) is 8.72. The lowest BCUT2D eigenvalue weighted by Crippen LogP contribution is -2.40. The van der Waals surface area contributed by atoms with Crippen molar-refractivity contribution in [3.63, 3.8) is 0 Å². The fraction of sp³-hybridized carbons (Fsp3) is 0.348. The van der Waals surface area contributed by atoms with Crippen LogP contribution in [0.15, 0.2) is 47.0 Å². The summed E-state index contributed by atoms with van der Waals surface area (Å²) in [4.78, 5) is 16.2. The number of nitrogens with zero attached hydrogens (tertiary/aromatic N) is 4. The second-order valence-electron chi connectivity index (χ2n) is 7.95. The number of thioether (sulfide) groups is 1. The standard InChI is InChI=1S/C23H26N6OS/c1-31-11-10-29-8-6-17(7-9-29)26-22-14-25-18-4-2-15(12-19(18)27-22)16-3-5-21-20(13-16)28-23(24)30-21/h2-5,12-14,17H,6-11H2,1H3,(H2,24,28)(H,26,27). The van der Waals surface area contributed by atoms with Gasteiger partial charge >= 0.3 is 0 Å². The van der Waals surface area contributed by atoms with Crippen LogP contribution in [-0.4, -0.2) is 57.5 Å². The molecular formula is C23H26N6OS. The first-order chi connectivity index (χ1) is 15.2. The molecule has 1 aliphatic rings. The summed E-state index contributed by atoms with van der Waals surface area (Å²) < 4.78 is 5.37. The average molecular weight is 435 g/mol. The quantitative estimate of drug-likeness (QED) is 0.465. The Kier molecular flexibility index (Phi) is 5.65. The van der Waals surface area contributed by atoms with E-state index in [4.69, 9.17) is 15.1 Å². The summed E-state index contributed by atoms with van der Waals surface area (Å²) in [7, 11) is 0. The van der Waals surface area contributed by atoms with Gasteiger partial charge in [0, 0.05) is 31.4 Å². The third-order valence-electron chi connectivity index (χ3n) is 5.83. The van der Waals surface area contributed by atoms with E-state index in [9.17, 15) is 0 Å². The molecule has 0 unspecified atom stereocenters. The number of anilines is 2. The van der Waals surface area contributed by atoms with Crippen molar-refractivity contribution in [2.45, 2.75) is 18.9 Å².